The SMILES string of the molecule is Clc1cc(Cl)cc(-c2ccc(CNc3ccc(N4CCOCC4)cc3)o2)c1. The van der Waals surface area contributed by atoms with Crippen LogP contribution in [-0.4, -0.2) is 26.3 Å². The molecule has 4 nitrogen and oxygen atoms in total. The summed E-state index contributed by atoms with van der Waals surface area (Å²) < 4.78 is 11.3. The second-order valence-corrected chi connectivity index (χ2v) is 7.30. The van der Waals surface area contributed by atoms with Crippen molar-refractivity contribution in [2.45, 2.75) is 6.54 Å². The molecule has 3 aromatic rings. The van der Waals surface area contributed by atoms with Crippen molar-refractivity contribution in [1.29, 1.82) is 0 Å². The number of nitrogens with one attached hydrogen (secondary N) is 1. The highest BCUT2D eigenvalue weighted by molar-refractivity contribution is 6.35. The number of hydrogen-bond donors (Lipinski definition) is 1. The summed E-state index contributed by atoms with van der Waals surface area (Å²) in [4.78, 5) is 2.34. The van der Waals surface area contributed by atoms with Crippen LogP contribution in [0.5, 0.6) is 0 Å². The molecule has 0 unspecified atom stereocenters. The predicted molar refractivity (Wildman–Crippen MR) is 111 cm³/mol. The lowest BCUT2D eigenvalue weighted by Crippen LogP contribution is -2.36. The maximum Gasteiger partial charge on any atom is 0.134 e. The Labute approximate surface area is 168 Å². The minimum Gasteiger partial charge on any atom is -0.459 e. The van der Waals surface area contributed by atoms with Crippen molar-refractivity contribution in [3.8, 4) is 11.3 Å². The summed E-state index contributed by atoms with van der Waals surface area (Å²) in [6.07, 6.45) is 0. The molecular formula is C21H20Cl2N2O2. The Morgan fingerprint density at radius 2 is 1.59 bits per heavy atom. The topological polar surface area (TPSA) is 37.6 Å². The van der Waals surface area contributed by atoms with Crippen LogP contribution < -0.4 is 10.2 Å². The van der Waals surface area contributed by atoms with Gasteiger partial charge in [-0.3, -0.25) is 0 Å². The van der Waals surface area contributed by atoms with E-state index in [1.807, 2.05) is 24.3 Å². The highest BCUT2D eigenvalue weighted by Gasteiger charge is 2.11. The van der Waals surface area contributed by atoms with E-state index in [0.29, 0.717) is 16.6 Å². The van der Waals surface area contributed by atoms with E-state index in [1.54, 1.807) is 6.07 Å². The lowest BCUT2D eigenvalue weighted by molar-refractivity contribution is 0.122. The monoisotopic (exact) mass is 402 g/mol. The number of anilines is 2. The van der Waals surface area contributed by atoms with E-state index in [-0.39, 0.29) is 0 Å². The van der Waals surface area contributed by atoms with Crippen LogP contribution in [0.3, 0.4) is 0 Å². The second-order valence-electron chi connectivity index (χ2n) is 6.42. The summed E-state index contributed by atoms with van der Waals surface area (Å²) in [6.45, 7) is 4.06. The Morgan fingerprint density at radius 1 is 0.889 bits per heavy atom. The van der Waals surface area contributed by atoms with Crippen LogP contribution in [0.1, 0.15) is 5.76 Å². The summed E-state index contributed by atoms with van der Waals surface area (Å²) in [5.41, 5.74) is 3.14. The van der Waals surface area contributed by atoms with Gasteiger partial charge in [-0.25, -0.2) is 0 Å². The first-order valence-electron chi connectivity index (χ1n) is 8.89. The lowest BCUT2D eigenvalue weighted by Gasteiger charge is -2.28. The van der Waals surface area contributed by atoms with E-state index in [1.165, 1.54) is 5.69 Å². The van der Waals surface area contributed by atoms with E-state index >= 15 is 0 Å². The average molecular weight is 403 g/mol. The standard InChI is InChI=1S/C21H20Cl2N2O2/c22-16-11-15(12-17(23)13-16)21-6-5-20(27-21)14-24-18-1-3-19(4-2-18)25-7-9-26-10-8-25/h1-6,11-13,24H,7-10,14H2. The van der Waals surface area contributed by atoms with Gasteiger partial charge in [-0.05, 0) is 54.6 Å². The molecule has 0 radical (unpaired) electrons. The highest BCUT2D eigenvalue weighted by Crippen LogP contribution is 2.29. The molecule has 1 aliphatic rings. The largest absolute Gasteiger partial charge is 0.459 e. The van der Waals surface area contributed by atoms with Crippen LogP contribution in [0, 0.1) is 0 Å². The van der Waals surface area contributed by atoms with Gasteiger partial charge < -0.3 is 19.4 Å². The first-order valence-corrected chi connectivity index (χ1v) is 9.65. The Balaban J connectivity index is 1.38. The van der Waals surface area contributed by atoms with E-state index in [2.05, 4.69) is 34.5 Å². The van der Waals surface area contributed by atoms with E-state index in [4.69, 9.17) is 32.4 Å². The Morgan fingerprint density at radius 3 is 2.30 bits per heavy atom. The number of furan rings is 1. The summed E-state index contributed by atoms with van der Waals surface area (Å²) in [7, 11) is 0. The van der Waals surface area contributed by atoms with Gasteiger partial charge in [0.15, 0.2) is 0 Å². The first kappa shape index (κ1) is 18.2. The second kappa shape index (κ2) is 8.26. The molecule has 140 valence electrons. The van der Waals surface area contributed by atoms with Crippen molar-refractivity contribution in [2.75, 3.05) is 36.5 Å². The molecule has 0 bridgehead atoms. The van der Waals surface area contributed by atoms with E-state index in [0.717, 1.165) is 49.1 Å². The molecule has 1 N–H and O–H groups in total. The first-order chi connectivity index (χ1) is 13.2. The van der Waals surface area contributed by atoms with Crippen LogP contribution >= 0.6 is 23.2 Å². The lowest BCUT2D eigenvalue weighted by atomic mass is 10.2. The van der Waals surface area contributed by atoms with Gasteiger partial charge in [-0.1, -0.05) is 23.2 Å². The third-order valence-corrected chi connectivity index (χ3v) is 4.96. The molecule has 0 aliphatic carbocycles. The van der Waals surface area contributed by atoms with Gasteiger partial charge in [0.25, 0.3) is 0 Å². The summed E-state index contributed by atoms with van der Waals surface area (Å²) in [5, 5.41) is 4.57. The fourth-order valence-electron chi connectivity index (χ4n) is 3.12. The van der Waals surface area contributed by atoms with Crippen LogP contribution in [0.2, 0.25) is 10.0 Å². The molecular weight excluding hydrogens is 383 g/mol. The van der Waals surface area contributed by atoms with Gasteiger partial charge in [0.05, 0.1) is 19.8 Å². The zero-order valence-corrected chi connectivity index (χ0v) is 16.3. The molecule has 2 aromatic carbocycles. The molecule has 2 heterocycles. The predicted octanol–water partition coefficient (Wildman–Crippen LogP) is 5.70. The number of nitrogens with zero attached hydrogens (tertiary/aromatic N) is 1. The molecule has 0 spiro atoms. The van der Waals surface area contributed by atoms with Gasteiger partial charge in [0.1, 0.15) is 11.5 Å². The van der Waals surface area contributed by atoms with Gasteiger partial charge >= 0.3 is 0 Å². The number of morpholine rings is 1. The fraction of sp³-hybridized carbons (Fsp3) is 0.238. The Bertz CT molecular complexity index is 883. The van der Waals surface area contributed by atoms with Crippen molar-refractivity contribution >= 4 is 34.6 Å². The van der Waals surface area contributed by atoms with Crippen molar-refractivity contribution in [3.05, 3.63) is 70.4 Å². The number of rotatable bonds is 5. The van der Waals surface area contributed by atoms with E-state index < -0.39 is 0 Å². The van der Waals surface area contributed by atoms with Gasteiger partial charge in [-0.2, -0.15) is 0 Å². The van der Waals surface area contributed by atoms with Crippen molar-refractivity contribution < 1.29 is 9.15 Å². The summed E-state index contributed by atoms with van der Waals surface area (Å²) in [5.74, 6) is 1.59. The minimum absolute atomic E-state index is 0.592. The third kappa shape index (κ3) is 4.59. The maximum atomic E-state index is 6.07. The molecule has 27 heavy (non-hydrogen) atoms. The molecule has 0 atom stereocenters. The molecule has 0 saturated carbocycles. The van der Waals surface area contributed by atoms with Crippen LogP contribution in [0.15, 0.2) is 59.0 Å². The summed E-state index contributed by atoms with van der Waals surface area (Å²) in [6, 6.07) is 17.7. The van der Waals surface area contributed by atoms with Gasteiger partial charge in [0, 0.05) is 40.1 Å². The quantitative estimate of drug-likeness (QED) is 0.593. The number of benzene rings is 2. The van der Waals surface area contributed by atoms with E-state index in [9.17, 15) is 0 Å². The number of ether oxygens (including phenoxy) is 1. The number of halogens is 2. The normalized spacial score (nSPS) is 14.4. The average Bonchev–Trinajstić information content (AvgIpc) is 3.16. The highest BCUT2D eigenvalue weighted by atomic mass is 35.5. The maximum absolute atomic E-state index is 6.07. The molecule has 6 heteroatoms. The molecule has 1 fully saturated rings. The Kier molecular flexibility index (Phi) is 5.58. The van der Waals surface area contributed by atoms with Gasteiger partial charge in [-0.15, -0.1) is 0 Å². The zero-order chi connectivity index (χ0) is 18.6. The molecule has 4 rings (SSSR count). The Hall–Kier alpha value is -2.14. The summed E-state index contributed by atoms with van der Waals surface area (Å²) >= 11 is 12.1. The van der Waals surface area contributed by atoms with Crippen molar-refractivity contribution in [1.82, 2.24) is 0 Å². The molecule has 1 aromatic heterocycles. The fourth-order valence-corrected chi connectivity index (χ4v) is 3.65. The molecule has 1 saturated heterocycles. The number of hydrogen-bond acceptors (Lipinski definition) is 4. The van der Waals surface area contributed by atoms with Crippen molar-refractivity contribution in [3.63, 3.8) is 0 Å². The smallest absolute Gasteiger partial charge is 0.134 e. The van der Waals surface area contributed by atoms with Crippen LogP contribution in [-0.2, 0) is 11.3 Å². The molecule has 0 amide bonds. The van der Waals surface area contributed by atoms with Crippen molar-refractivity contribution in [2.24, 2.45) is 0 Å². The van der Waals surface area contributed by atoms with Crippen LogP contribution in [0.4, 0.5) is 11.4 Å². The van der Waals surface area contributed by atoms with Gasteiger partial charge in [0.2, 0.25) is 0 Å². The minimum atomic E-state index is 0.592. The third-order valence-electron chi connectivity index (χ3n) is 4.52. The zero-order valence-electron chi connectivity index (χ0n) is 14.8. The molecule has 1 aliphatic heterocycles. The van der Waals surface area contributed by atoms with Crippen LogP contribution in [0.25, 0.3) is 11.3 Å².